The molecule has 1 aliphatic rings. The van der Waals surface area contributed by atoms with E-state index in [0.717, 1.165) is 51.4 Å². The van der Waals surface area contributed by atoms with Crippen LogP contribution in [-0.2, 0) is 4.74 Å². The van der Waals surface area contributed by atoms with Gasteiger partial charge < -0.3 is 21.0 Å². The molecule has 1 saturated heterocycles. The molecule has 0 saturated carbocycles. The molecule has 0 radical (unpaired) electrons. The molecule has 4 N–H and O–H groups in total. The molecule has 0 aromatic rings. The molecular formula is C12H25N3O2. The molecule has 1 rings (SSSR count). The molecule has 0 aromatic heterocycles. The number of rotatable bonds is 7. The van der Waals surface area contributed by atoms with E-state index in [4.69, 9.17) is 15.7 Å². The summed E-state index contributed by atoms with van der Waals surface area (Å²) < 4.78 is 5.35. The molecular weight excluding hydrogens is 218 g/mol. The smallest absolute Gasteiger partial charge is 0.139 e. The summed E-state index contributed by atoms with van der Waals surface area (Å²) in [7, 11) is 0. The molecule has 0 amide bonds. The number of amidine groups is 1. The molecule has 0 aromatic carbocycles. The Kier molecular flexibility index (Phi) is 6.96. The number of nitrogens with one attached hydrogen (secondary N) is 1. The van der Waals surface area contributed by atoms with Gasteiger partial charge in [-0.05, 0) is 45.1 Å². The summed E-state index contributed by atoms with van der Waals surface area (Å²) in [6.45, 7) is 5.05. The largest absolute Gasteiger partial charge is 0.409 e. The number of oxime groups is 1. The first-order valence-electron chi connectivity index (χ1n) is 6.51. The quantitative estimate of drug-likeness (QED) is 0.207. The highest BCUT2D eigenvalue weighted by Crippen LogP contribution is 2.18. The number of nitrogens with zero attached hydrogens (tertiary/aromatic N) is 1. The normalized spacial score (nSPS) is 20.4. The second-order valence-corrected chi connectivity index (χ2v) is 4.74. The summed E-state index contributed by atoms with van der Waals surface area (Å²) in [4.78, 5) is 0. The fourth-order valence-electron chi connectivity index (χ4n) is 2.19. The Morgan fingerprint density at radius 2 is 2.18 bits per heavy atom. The summed E-state index contributed by atoms with van der Waals surface area (Å²) in [6, 6.07) is 0.558. The van der Waals surface area contributed by atoms with Crippen molar-refractivity contribution in [1.29, 1.82) is 0 Å². The van der Waals surface area contributed by atoms with E-state index in [1.807, 2.05) is 0 Å². The number of nitrogens with two attached hydrogens (primary N) is 1. The second-order valence-electron chi connectivity index (χ2n) is 4.74. The lowest BCUT2D eigenvalue weighted by atomic mass is 9.93. The van der Waals surface area contributed by atoms with Crippen molar-refractivity contribution in [1.82, 2.24) is 5.32 Å². The zero-order valence-corrected chi connectivity index (χ0v) is 10.7. The summed E-state index contributed by atoms with van der Waals surface area (Å²) in [6.07, 6.45) is 5.02. The van der Waals surface area contributed by atoms with Crippen LogP contribution in [0.2, 0.25) is 0 Å². The Hall–Kier alpha value is -0.810. The van der Waals surface area contributed by atoms with Gasteiger partial charge in [0.25, 0.3) is 0 Å². The van der Waals surface area contributed by atoms with Crippen LogP contribution in [-0.4, -0.2) is 36.8 Å². The van der Waals surface area contributed by atoms with Crippen molar-refractivity contribution in [3.63, 3.8) is 0 Å². The van der Waals surface area contributed by atoms with E-state index in [2.05, 4.69) is 17.4 Å². The Morgan fingerprint density at radius 1 is 1.47 bits per heavy atom. The van der Waals surface area contributed by atoms with Crippen LogP contribution in [0.5, 0.6) is 0 Å². The van der Waals surface area contributed by atoms with Crippen LogP contribution in [0.15, 0.2) is 5.16 Å². The minimum atomic E-state index is 0.322. The van der Waals surface area contributed by atoms with Crippen LogP contribution in [0.4, 0.5) is 0 Å². The SMILES string of the molecule is CC(NCCCCC(N)=NO)C1CCOCC1. The molecule has 1 unspecified atom stereocenters. The number of ether oxygens (including phenoxy) is 1. The monoisotopic (exact) mass is 243 g/mol. The van der Waals surface area contributed by atoms with Gasteiger partial charge in [0.2, 0.25) is 0 Å². The Bertz CT molecular complexity index is 228. The highest BCUT2D eigenvalue weighted by molar-refractivity contribution is 5.79. The lowest BCUT2D eigenvalue weighted by molar-refractivity contribution is 0.0560. The van der Waals surface area contributed by atoms with Gasteiger partial charge in [-0.15, -0.1) is 0 Å². The van der Waals surface area contributed by atoms with Gasteiger partial charge in [0.15, 0.2) is 0 Å². The van der Waals surface area contributed by atoms with E-state index < -0.39 is 0 Å². The molecule has 0 spiro atoms. The van der Waals surface area contributed by atoms with Gasteiger partial charge in [0.1, 0.15) is 5.84 Å². The Morgan fingerprint density at radius 3 is 2.82 bits per heavy atom. The van der Waals surface area contributed by atoms with Crippen LogP contribution >= 0.6 is 0 Å². The molecule has 5 nitrogen and oxygen atoms in total. The van der Waals surface area contributed by atoms with E-state index >= 15 is 0 Å². The molecule has 0 bridgehead atoms. The zero-order valence-electron chi connectivity index (χ0n) is 10.7. The summed E-state index contributed by atoms with van der Waals surface area (Å²) >= 11 is 0. The van der Waals surface area contributed by atoms with E-state index in [1.54, 1.807) is 0 Å². The third kappa shape index (κ3) is 5.89. The van der Waals surface area contributed by atoms with Crippen LogP contribution in [0, 0.1) is 5.92 Å². The first-order chi connectivity index (χ1) is 8.24. The first kappa shape index (κ1) is 14.3. The summed E-state index contributed by atoms with van der Waals surface area (Å²) in [5, 5.41) is 14.9. The van der Waals surface area contributed by atoms with Crippen molar-refractivity contribution in [3.05, 3.63) is 0 Å². The average molecular weight is 243 g/mol. The summed E-state index contributed by atoms with van der Waals surface area (Å²) in [5.74, 6) is 1.07. The fourth-order valence-corrected chi connectivity index (χ4v) is 2.19. The van der Waals surface area contributed by atoms with Crippen LogP contribution < -0.4 is 11.1 Å². The molecule has 0 aliphatic carbocycles. The minimum Gasteiger partial charge on any atom is -0.409 e. The molecule has 1 heterocycles. The van der Waals surface area contributed by atoms with Gasteiger partial charge in [0.05, 0.1) is 0 Å². The maximum atomic E-state index is 8.39. The van der Waals surface area contributed by atoms with E-state index in [1.165, 1.54) is 0 Å². The molecule has 5 heteroatoms. The average Bonchev–Trinajstić information content (AvgIpc) is 2.38. The second kappa shape index (κ2) is 8.31. The predicted molar refractivity (Wildman–Crippen MR) is 68.3 cm³/mol. The third-order valence-electron chi connectivity index (χ3n) is 3.43. The standard InChI is InChI=1S/C12H25N3O2/c1-10(11-5-8-17-9-6-11)14-7-3-2-4-12(13)15-16/h10-11,14,16H,2-9H2,1H3,(H2,13,15). The van der Waals surface area contributed by atoms with Gasteiger partial charge in [-0.2, -0.15) is 0 Å². The number of hydrogen-bond acceptors (Lipinski definition) is 4. The number of unbranched alkanes of at least 4 members (excludes halogenated alkanes) is 1. The third-order valence-corrected chi connectivity index (χ3v) is 3.43. The number of hydrogen-bond donors (Lipinski definition) is 3. The van der Waals surface area contributed by atoms with Gasteiger partial charge in [0, 0.05) is 25.7 Å². The van der Waals surface area contributed by atoms with Crippen molar-refractivity contribution < 1.29 is 9.94 Å². The molecule has 1 fully saturated rings. The topological polar surface area (TPSA) is 79.9 Å². The van der Waals surface area contributed by atoms with Gasteiger partial charge >= 0.3 is 0 Å². The molecule has 1 aliphatic heterocycles. The van der Waals surface area contributed by atoms with E-state index in [0.29, 0.717) is 18.3 Å². The lowest BCUT2D eigenvalue weighted by Crippen LogP contribution is -2.37. The first-order valence-corrected chi connectivity index (χ1v) is 6.51. The molecule has 1 atom stereocenters. The van der Waals surface area contributed by atoms with Crippen LogP contribution in [0.3, 0.4) is 0 Å². The van der Waals surface area contributed by atoms with Gasteiger partial charge in [-0.1, -0.05) is 5.16 Å². The van der Waals surface area contributed by atoms with Crippen molar-refractivity contribution in [2.45, 2.75) is 45.1 Å². The van der Waals surface area contributed by atoms with Crippen LogP contribution in [0.25, 0.3) is 0 Å². The highest BCUT2D eigenvalue weighted by Gasteiger charge is 2.19. The predicted octanol–water partition coefficient (Wildman–Crippen LogP) is 1.31. The maximum absolute atomic E-state index is 8.39. The van der Waals surface area contributed by atoms with Crippen LogP contribution in [0.1, 0.15) is 39.0 Å². The Labute approximate surface area is 103 Å². The van der Waals surface area contributed by atoms with Crippen molar-refractivity contribution in [2.75, 3.05) is 19.8 Å². The minimum absolute atomic E-state index is 0.322. The van der Waals surface area contributed by atoms with E-state index in [-0.39, 0.29) is 0 Å². The molecule has 17 heavy (non-hydrogen) atoms. The van der Waals surface area contributed by atoms with Gasteiger partial charge in [-0.3, -0.25) is 0 Å². The molecule has 100 valence electrons. The van der Waals surface area contributed by atoms with Crippen molar-refractivity contribution in [3.8, 4) is 0 Å². The maximum Gasteiger partial charge on any atom is 0.139 e. The lowest BCUT2D eigenvalue weighted by Gasteiger charge is -2.28. The Balaban J connectivity index is 2.01. The zero-order chi connectivity index (χ0) is 12.5. The van der Waals surface area contributed by atoms with E-state index in [9.17, 15) is 0 Å². The van der Waals surface area contributed by atoms with Crippen molar-refractivity contribution in [2.24, 2.45) is 16.8 Å². The van der Waals surface area contributed by atoms with Gasteiger partial charge in [-0.25, -0.2) is 0 Å². The summed E-state index contributed by atoms with van der Waals surface area (Å²) in [5.41, 5.74) is 5.40. The highest BCUT2D eigenvalue weighted by atomic mass is 16.5. The van der Waals surface area contributed by atoms with Crippen molar-refractivity contribution >= 4 is 5.84 Å². The fraction of sp³-hybridized carbons (Fsp3) is 0.917.